The van der Waals surface area contributed by atoms with Crippen molar-refractivity contribution in [3.8, 4) is 0 Å². The number of hydrogen-bond acceptors (Lipinski definition) is 3. The Morgan fingerprint density at radius 3 is 1.50 bits per heavy atom. The van der Waals surface area contributed by atoms with Gasteiger partial charge in [-0.25, -0.2) is 4.57 Å². The van der Waals surface area contributed by atoms with Crippen LogP contribution in [0.1, 0.15) is 110 Å². The summed E-state index contributed by atoms with van der Waals surface area (Å²) in [5, 5.41) is 8.46. The van der Waals surface area contributed by atoms with Crippen LogP contribution in [0.5, 0.6) is 0 Å². The summed E-state index contributed by atoms with van der Waals surface area (Å²) in [4.78, 5) is 26.7. The second-order valence-corrected chi connectivity index (χ2v) is 7.95. The second kappa shape index (κ2) is 20.9. The van der Waals surface area contributed by atoms with Crippen LogP contribution in [-0.2, 0) is 13.9 Å². The van der Waals surface area contributed by atoms with Gasteiger partial charge in [-0.1, -0.05) is 90.9 Å². The summed E-state index contributed by atoms with van der Waals surface area (Å²) in [5.41, 5.74) is 0. The number of unbranched alkanes of at least 4 members (excludes halogenated alkanes) is 12. The van der Waals surface area contributed by atoms with Crippen molar-refractivity contribution in [3.63, 3.8) is 0 Å². The molecule has 0 unspecified atom stereocenters. The van der Waals surface area contributed by atoms with E-state index in [0.717, 1.165) is 25.7 Å². The summed E-state index contributed by atoms with van der Waals surface area (Å²) in [6.45, 7) is 4.41. The molecular weight excluding hydrogens is 355 g/mol. The van der Waals surface area contributed by atoms with Crippen molar-refractivity contribution in [2.24, 2.45) is 0 Å². The van der Waals surface area contributed by atoms with Gasteiger partial charge in [0.15, 0.2) is 0 Å². The molecule has 0 aliphatic heterocycles. The number of phosphoric acid groups is 1. The molecule has 0 rings (SSSR count). The molecule has 0 bridgehead atoms. The molecule has 158 valence electrons. The number of hydrogen-bond donors (Lipinski definition) is 3. The molecule has 0 aromatic carbocycles. The molecule has 0 atom stereocenters. The van der Waals surface area contributed by atoms with E-state index < -0.39 is 13.8 Å². The maximum absolute atomic E-state index is 10.3. The lowest BCUT2D eigenvalue weighted by Crippen LogP contribution is -1.93. The Morgan fingerprint density at radius 2 is 1.12 bits per heavy atom. The van der Waals surface area contributed by atoms with Crippen molar-refractivity contribution in [1.82, 2.24) is 0 Å². The summed E-state index contributed by atoms with van der Waals surface area (Å²) in [6, 6.07) is 0. The van der Waals surface area contributed by atoms with Crippen LogP contribution < -0.4 is 0 Å². The highest BCUT2D eigenvalue weighted by atomic mass is 31.2. The van der Waals surface area contributed by atoms with E-state index in [2.05, 4.69) is 11.4 Å². The maximum Gasteiger partial charge on any atom is 0.469 e. The van der Waals surface area contributed by atoms with Gasteiger partial charge in [-0.05, 0) is 12.8 Å². The molecule has 7 heteroatoms. The normalized spacial score (nSPS) is 11.1. The Kier molecular flexibility index (Phi) is 22.3. The molecule has 3 N–H and O–H groups in total. The highest BCUT2D eigenvalue weighted by Gasteiger charge is 2.11. The van der Waals surface area contributed by atoms with Gasteiger partial charge in [0.1, 0.15) is 0 Å². The molecular formula is C19H41O6P. The molecule has 0 heterocycles. The van der Waals surface area contributed by atoms with Crippen molar-refractivity contribution >= 4 is 13.8 Å². The van der Waals surface area contributed by atoms with Gasteiger partial charge in [0.25, 0.3) is 0 Å². The Balaban J connectivity index is 0. The highest BCUT2D eigenvalue weighted by Crippen LogP contribution is 2.35. The van der Waals surface area contributed by atoms with Gasteiger partial charge in [-0.3, -0.25) is 9.32 Å². The largest absolute Gasteiger partial charge is 0.481 e. The summed E-state index contributed by atoms with van der Waals surface area (Å²) in [6.07, 6.45) is 17.0. The molecule has 0 aliphatic carbocycles. The van der Waals surface area contributed by atoms with Crippen molar-refractivity contribution in [2.45, 2.75) is 110 Å². The standard InChI is InChI=1S/C14H28O2.C5H13O4P/c1-2-3-4-5-6-7-8-9-10-11-12-13-14(15)16;1-2-3-4-5-9-10(6,7)8/h2-13H2,1H3,(H,15,16);2-5H2,1H3,(H2,6,7,8). The van der Waals surface area contributed by atoms with E-state index in [0.29, 0.717) is 12.8 Å². The van der Waals surface area contributed by atoms with Crippen LogP contribution >= 0.6 is 7.82 Å². The lowest BCUT2D eigenvalue weighted by molar-refractivity contribution is -0.137. The van der Waals surface area contributed by atoms with Gasteiger partial charge < -0.3 is 14.9 Å². The molecule has 6 nitrogen and oxygen atoms in total. The molecule has 0 radical (unpaired) electrons. The molecule has 0 spiro atoms. The van der Waals surface area contributed by atoms with Crippen LogP contribution in [0.4, 0.5) is 0 Å². The second-order valence-electron chi connectivity index (χ2n) is 6.71. The lowest BCUT2D eigenvalue weighted by Gasteiger charge is -2.02. The highest BCUT2D eigenvalue weighted by molar-refractivity contribution is 7.46. The molecule has 0 aromatic heterocycles. The van der Waals surface area contributed by atoms with Crippen LogP contribution in [0, 0.1) is 0 Å². The minimum atomic E-state index is -4.21. The zero-order chi connectivity index (χ0) is 20.1. The van der Waals surface area contributed by atoms with Gasteiger partial charge in [0.2, 0.25) is 0 Å². The third-order valence-electron chi connectivity index (χ3n) is 4.00. The first-order valence-electron chi connectivity index (χ1n) is 10.2. The first kappa shape index (κ1) is 27.8. The maximum atomic E-state index is 10.3. The summed E-state index contributed by atoms with van der Waals surface area (Å²) in [7, 11) is -4.21. The lowest BCUT2D eigenvalue weighted by atomic mass is 10.1. The number of phosphoric ester groups is 1. The number of rotatable bonds is 17. The number of carboxylic acids is 1. The van der Waals surface area contributed by atoms with Crippen molar-refractivity contribution in [3.05, 3.63) is 0 Å². The average molecular weight is 397 g/mol. The van der Waals surface area contributed by atoms with E-state index >= 15 is 0 Å². The fraction of sp³-hybridized carbons (Fsp3) is 0.947. The van der Waals surface area contributed by atoms with Crippen LogP contribution in [0.25, 0.3) is 0 Å². The van der Waals surface area contributed by atoms with E-state index in [1.807, 2.05) is 6.92 Å². The molecule has 0 saturated carbocycles. The molecule has 26 heavy (non-hydrogen) atoms. The van der Waals surface area contributed by atoms with E-state index in [4.69, 9.17) is 14.9 Å². The van der Waals surface area contributed by atoms with E-state index in [1.54, 1.807) is 0 Å². The summed E-state index contributed by atoms with van der Waals surface area (Å²) in [5.74, 6) is -0.657. The van der Waals surface area contributed by atoms with Gasteiger partial charge in [-0.2, -0.15) is 0 Å². The first-order valence-corrected chi connectivity index (χ1v) is 11.8. The number of carboxylic acid groups (broad SMARTS) is 1. The molecule has 0 fully saturated rings. The third-order valence-corrected chi connectivity index (χ3v) is 4.52. The van der Waals surface area contributed by atoms with Gasteiger partial charge >= 0.3 is 13.8 Å². The van der Waals surface area contributed by atoms with Gasteiger partial charge in [-0.15, -0.1) is 0 Å². The minimum absolute atomic E-state index is 0.151. The molecule has 0 amide bonds. The number of aliphatic carboxylic acids is 1. The quantitative estimate of drug-likeness (QED) is 0.204. The summed E-state index contributed by atoms with van der Waals surface area (Å²) >= 11 is 0. The number of carbonyl (C=O) groups is 1. The molecule has 0 saturated heterocycles. The fourth-order valence-electron chi connectivity index (χ4n) is 2.48. The van der Waals surface area contributed by atoms with Crippen LogP contribution in [0.15, 0.2) is 0 Å². The van der Waals surface area contributed by atoms with E-state index in [-0.39, 0.29) is 6.61 Å². The molecule has 0 aliphatic rings. The average Bonchev–Trinajstić information content (AvgIpc) is 2.56. The minimum Gasteiger partial charge on any atom is -0.481 e. The van der Waals surface area contributed by atoms with E-state index in [1.165, 1.54) is 57.8 Å². The Hall–Kier alpha value is -0.420. The van der Waals surface area contributed by atoms with Crippen LogP contribution in [0.3, 0.4) is 0 Å². The Morgan fingerprint density at radius 1 is 0.731 bits per heavy atom. The third kappa shape index (κ3) is 31.4. The first-order chi connectivity index (χ1) is 12.3. The predicted octanol–water partition coefficient (Wildman–Crippen LogP) is 6.06. The van der Waals surface area contributed by atoms with Gasteiger partial charge in [0.05, 0.1) is 6.61 Å². The molecule has 0 aromatic rings. The van der Waals surface area contributed by atoms with Crippen LogP contribution in [0.2, 0.25) is 0 Å². The topological polar surface area (TPSA) is 104 Å². The van der Waals surface area contributed by atoms with Crippen molar-refractivity contribution in [2.75, 3.05) is 6.61 Å². The Bertz CT molecular complexity index is 343. The zero-order valence-corrected chi connectivity index (χ0v) is 17.7. The summed E-state index contributed by atoms with van der Waals surface area (Å²) < 4.78 is 14.3. The van der Waals surface area contributed by atoms with Crippen molar-refractivity contribution in [1.29, 1.82) is 0 Å². The Labute approximate surface area is 160 Å². The fourth-order valence-corrected chi connectivity index (χ4v) is 2.84. The van der Waals surface area contributed by atoms with Gasteiger partial charge in [0, 0.05) is 6.42 Å². The monoisotopic (exact) mass is 396 g/mol. The van der Waals surface area contributed by atoms with Crippen molar-refractivity contribution < 1.29 is 28.8 Å². The van der Waals surface area contributed by atoms with E-state index in [9.17, 15) is 9.36 Å². The smallest absolute Gasteiger partial charge is 0.469 e. The van der Waals surface area contributed by atoms with Crippen LogP contribution in [-0.4, -0.2) is 27.5 Å². The zero-order valence-electron chi connectivity index (χ0n) is 16.8. The SMILES string of the molecule is CCCCCCCCCCCCCC(=O)O.CCCCCOP(=O)(O)O. The predicted molar refractivity (Wildman–Crippen MR) is 106 cm³/mol.